The van der Waals surface area contributed by atoms with E-state index in [0.29, 0.717) is 13.1 Å². The van der Waals surface area contributed by atoms with Crippen molar-refractivity contribution < 1.29 is 4.39 Å². The molecule has 0 fully saturated rings. The fourth-order valence-corrected chi connectivity index (χ4v) is 0.896. The highest BCUT2D eigenvalue weighted by Gasteiger charge is 1.96. The van der Waals surface area contributed by atoms with E-state index < -0.39 is 0 Å². The summed E-state index contributed by atoms with van der Waals surface area (Å²) in [6.07, 6.45) is 2.53. The molecule has 0 spiro atoms. The molecule has 62 valence electrons. The average Bonchev–Trinajstić information content (AvgIpc) is 2.38. The van der Waals surface area contributed by atoms with Crippen LogP contribution in [-0.4, -0.2) is 23.0 Å². The fraction of sp³-hybridized carbons (Fsp3) is 0.571. The Morgan fingerprint density at radius 3 is 3.09 bits per heavy atom. The monoisotopic (exact) mass is 157 g/mol. The van der Waals surface area contributed by atoms with Crippen molar-refractivity contribution >= 4 is 0 Å². The lowest BCUT2D eigenvalue weighted by atomic mass is 10.3. The Hall–Kier alpha value is -0.900. The van der Waals surface area contributed by atoms with Gasteiger partial charge >= 0.3 is 0 Å². The second-order valence-corrected chi connectivity index (χ2v) is 2.30. The van der Waals surface area contributed by atoms with E-state index in [1.807, 2.05) is 6.07 Å². The maximum Gasteiger partial charge on any atom is 0.109 e. The van der Waals surface area contributed by atoms with Crippen molar-refractivity contribution in [1.29, 1.82) is 0 Å². The van der Waals surface area contributed by atoms with Gasteiger partial charge in [0, 0.05) is 12.6 Å². The molecular formula is C7H12FN3. The fourth-order valence-electron chi connectivity index (χ4n) is 0.896. The van der Waals surface area contributed by atoms with Gasteiger partial charge in [-0.3, -0.25) is 4.68 Å². The Bertz CT molecular complexity index is 189. The van der Waals surface area contributed by atoms with Gasteiger partial charge in [0.1, 0.15) is 6.67 Å². The van der Waals surface area contributed by atoms with Crippen LogP contribution in [0.3, 0.4) is 0 Å². The minimum absolute atomic E-state index is 0.338. The standard InChI is InChI=1S/C7H12FN3/c8-3-6-11-5-2-7(10-11)1-4-9/h2,5H,1,3-4,6,9H2. The third-order valence-electron chi connectivity index (χ3n) is 1.41. The van der Waals surface area contributed by atoms with Gasteiger partial charge in [-0.15, -0.1) is 0 Å². The number of hydrogen-bond donors (Lipinski definition) is 1. The van der Waals surface area contributed by atoms with Gasteiger partial charge < -0.3 is 5.73 Å². The molecule has 0 bridgehead atoms. The lowest BCUT2D eigenvalue weighted by Crippen LogP contribution is -2.05. The van der Waals surface area contributed by atoms with Gasteiger partial charge in [-0.25, -0.2) is 4.39 Å². The molecule has 2 N–H and O–H groups in total. The highest BCUT2D eigenvalue weighted by atomic mass is 19.1. The molecule has 1 rings (SSSR count). The zero-order valence-corrected chi connectivity index (χ0v) is 6.33. The Morgan fingerprint density at radius 2 is 2.45 bits per heavy atom. The molecule has 0 amide bonds. The van der Waals surface area contributed by atoms with Crippen LogP contribution in [0.15, 0.2) is 12.3 Å². The summed E-state index contributed by atoms with van der Waals surface area (Å²) in [5.74, 6) is 0. The van der Waals surface area contributed by atoms with E-state index in [2.05, 4.69) is 5.10 Å². The van der Waals surface area contributed by atoms with Crippen LogP contribution in [0.5, 0.6) is 0 Å². The summed E-state index contributed by atoms with van der Waals surface area (Å²) < 4.78 is 13.4. The van der Waals surface area contributed by atoms with Crippen molar-refractivity contribution in [2.45, 2.75) is 13.0 Å². The predicted molar refractivity (Wildman–Crippen MR) is 41.0 cm³/mol. The molecule has 4 heteroatoms. The number of alkyl halides is 1. The van der Waals surface area contributed by atoms with E-state index in [9.17, 15) is 4.39 Å². The summed E-state index contributed by atoms with van der Waals surface area (Å²) in [4.78, 5) is 0. The maximum absolute atomic E-state index is 11.8. The summed E-state index contributed by atoms with van der Waals surface area (Å²) in [6.45, 7) is 0.557. The first-order chi connectivity index (χ1) is 5.36. The number of nitrogens with zero attached hydrogens (tertiary/aromatic N) is 2. The summed E-state index contributed by atoms with van der Waals surface area (Å²) in [7, 11) is 0. The molecule has 0 aromatic carbocycles. The van der Waals surface area contributed by atoms with Crippen LogP contribution in [0, 0.1) is 0 Å². The van der Waals surface area contributed by atoms with E-state index in [1.54, 1.807) is 10.9 Å². The van der Waals surface area contributed by atoms with E-state index >= 15 is 0 Å². The second kappa shape index (κ2) is 4.08. The smallest absolute Gasteiger partial charge is 0.109 e. The van der Waals surface area contributed by atoms with Gasteiger partial charge in [-0.05, 0) is 12.6 Å². The van der Waals surface area contributed by atoms with Crippen molar-refractivity contribution in [3.05, 3.63) is 18.0 Å². The van der Waals surface area contributed by atoms with Crippen LogP contribution >= 0.6 is 0 Å². The van der Waals surface area contributed by atoms with Crippen LogP contribution in [0.4, 0.5) is 4.39 Å². The number of nitrogens with two attached hydrogens (primary N) is 1. The lowest BCUT2D eigenvalue weighted by molar-refractivity contribution is 0.426. The first kappa shape index (κ1) is 8.20. The van der Waals surface area contributed by atoms with Crippen molar-refractivity contribution in [3.8, 4) is 0 Å². The highest BCUT2D eigenvalue weighted by Crippen LogP contribution is 1.95. The zero-order chi connectivity index (χ0) is 8.10. The Kier molecular flexibility index (Phi) is 3.04. The Balaban J connectivity index is 2.51. The van der Waals surface area contributed by atoms with Crippen LogP contribution in [-0.2, 0) is 13.0 Å². The second-order valence-electron chi connectivity index (χ2n) is 2.30. The van der Waals surface area contributed by atoms with Crippen molar-refractivity contribution in [3.63, 3.8) is 0 Å². The molecule has 11 heavy (non-hydrogen) atoms. The van der Waals surface area contributed by atoms with E-state index in [-0.39, 0.29) is 6.67 Å². The Labute approximate surface area is 65.0 Å². The molecule has 0 saturated carbocycles. The van der Waals surface area contributed by atoms with Gasteiger partial charge in [0.05, 0.1) is 12.2 Å². The van der Waals surface area contributed by atoms with Crippen LogP contribution in [0.25, 0.3) is 0 Å². The molecule has 1 heterocycles. The Morgan fingerprint density at radius 1 is 1.64 bits per heavy atom. The molecular weight excluding hydrogens is 145 g/mol. The molecule has 0 aliphatic rings. The van der Waals surface area contributed by atoms with Crippen LogP contribution < -0.4 is 5.73 Å². The average molecular weight is 157 g/mol. The maximum atomic E-state index is 11.8. The first-order valence-electron chi connectivity index (χ1n) is 3.65. The van der Waals surface area contributed by atoms with Crippen molar-refractivity contribution in [1.82, 2.24) is 9.78 Å². The zero-order valence-electron chi connectivity index (χ0n) is 6.33. The summed E-state index contributed by atoms with van der Waals surface area (Å²) in [5.41, 5.74) is 6.25. The molecule has 3 nitrogen and oxygen atoms in total. The summed E-state index contributed by atoms with van der Waals surface area (Å²) >= 11 is 0. The molecule has 0 atom stereocenters. The number of halogens is 1. The topological polar surface area (TPSA) is 43.8 Å². The van der Waals surface area contributed by atoms with E-state index in [4.69, 9.17) is 5.73 Å². The summed E-state index contributed by atoms with van der Waals surface area (Å²) in [5, 5.41) is 4.09. The summed E-state index contributed by atoms with van der Waals surface area (Å²) in [6, 6.07) is 1.86. The largest absolute Gasteiger partial charge is 0.330 e. The normalized spacial score (nSPS) is 10.4. The third kappa shape index (κ3) is 2.31. The van der Waals surface area contributed by atoms with Gasteiger partial charge in [0.15, 0.2) is 0 Å². The van der Waals surface area contributed by atoms with Gasteiger partial charge in [-0.1, -0.05) is 0 Å². The quantitative estimate of drug-likeness (QED) is 0.685. The minimum atomic E-state index is -0.371. The molecule has 1 aromatic heterocycles. The molecule has 0 saturated heterocycles. The number of aromatic nitrogens is 2. The molecule has 0 aliphatic carbocycles. The number of hydrogen-bond acceptors (Lipinski definition) is 2. The van der Waals surface area contributed by atoms with Crippen molar-refractivity contribution in [2.24, 2.45) is 5.73 Å². The minimum Gasteiger partial charge on any atom is -0.330 e. The van der Waals surface area contributed by atoms with Crippen molar-refractivity contribution in [2.75, 3.05) is 13.2 Å². The van der Waals surface area contributed by atoms with Gasteiger partial charge in [0.2, 0.25) is 0 Å². The third-order valence-corrected chi connectivity index (χ3v) is 1.41. The number of rotatable bonds is 4. The van der Waals surface area contributed by atoms with E-state index in [0.717, 1.165) is 12.1 Å². The SMILES string of the molecule is NCCc1ccn(CCF)n1. The highest BCUT2D eigenvalue weighted by molar-refractivity contribution is 4.99. The first-order valence-corrected chi connectivity index (χ1v) is 3.65. The van der Waals surface area contributed by atoms with Crippen LogP contribution in [0.2, 0.25) is 0 Å². The lowest BCUT2D eigenvalue weighted by Gasteiger charge is -1.94. The van der Waals surface area contributed by atoms with Gasteiger partial charge in [-0.2, -0.15) is 5.10 Å². The molecule has 1 aromatic rings. The predicted octanol–water partition coefficient (Wildman–Crippen LogP) is 0.354. The van der Waals surface area contributed by atoms with E-state index in [1.165, 1.54) is 0 Å². The number of aryl methyl sites for hydroxylation is 1. The van der Waals surface area contributed by atoms with Crippen LogP contribution in [0.1, 0.15) is 5.69 Å². The molecule has 0 radical (unpaired) electrons. The van der Waals surface area contributed by atoms with Gasteiger partial charge in [0.25, 0.3) is 0 Å². The molecule has 0 unspecified atom stereocenters. The molecule has 0 aliphatic heterocycles.